The molecule has 0 aromatic carbocycles. The van der Waals surface area contributed by atoms with Crippen LogP contribution in [0.2, 0.25) is 0 Å². The van der Waals surface area contributed by atoms with Crippen LogP contribution in [0.25, 0.3) is 11.4 Å². The molecule has 4 rings (SSSR count). The number of amides is 1. The van der Waals surface area contributed by atoms with E-state index < -0.39 is 10.0 Å². The predicted octanol–water partition coefficient (Wildman–Crippen LogP) is 2.26. The molecular formula is C21H27N5O3S. The molecule has 0 radical (unpaired) electrons. The molecule has 9 heteroatoms. The van der Waals surface area contributed by atoms with Crippen molar-refractivity contribution < 1.29 is 13.2 Å². The zero-order valence-electron chi connectivity index (χ0n) is 17.2. The first-order valence-corrected chi connectivity index (χ1v) is 11.9. The molecule has 0 N–H and O–H groups in total. The summed E-state index contributed by atoms with van der Waals surface area (Å²) in [5.74, 6) is 0.743. The first kappa shape index (κ1) is 20.9. The van der Waals surface area contributed by atoms with Gasteiger partial charge >= 0.3 is 0 Å². The second-order valence-corrected chi connectivity index (χ2v) is 9.86. The SMILES string of the molecule is Cc1nc(-c2cccnc2)ncc1S(=O)(=O)N1CCN(C(=O)C2CCCCC2)CC1. The monoisotopic (exact) mass is 429 g/mol. The topological polar surface area (TPSA) is 96.4 Å². The average molecular weight is 430 g/mol. The van der Waals surface area contributed by atoms with Crippen LogP contribution in [-0.4, -0.2) is 64.7 Å². The molecular weight excluding hydrogens is 402 g/mol. The summed E-state index contributed by atoms with van der Waals surface area (Å²) in [6, 6.07) is 3.62. The maximum Gasteiger partial charge on any atom is 0.246 e. The van der Waals surface area contributed by atoms with E-state index in [9.17, 15) is 13.2 Å². The van der Waals surface area contributed by atoms with Crippen molar-refractivity contribution in [1.82, 2.24) is 24.2 Å². The van der Waals surface area contributed by atoms with Gasteiger partial charge in [-0.25, -0.2) is 18.4 Å². The molecule has 0 atom stereocenters. The third-order valence-electron chi connectivity index (χ3n) is 5.98. The summed E-state index contributed by atoms with van der Waals surface area (Å²) in [5, 5.41) is 0. The zero-order valence-corrected chi connectivity index (χ0v) is 18.0. The maximum absolute atomic E-state index is 13.2. The summed E-state index contributed by atoms with van der Waals surface area (Å²) in [7, 11) is -3.71. The van der Waals surface area contributed by atoms with Gasteiger partial charge in [-0.2, -0.15) is 4.31 Å². The normalized spacial score (nSPS) is 19.0. The maximum atomic E-state index is 13.2. The lowest BCUT2D eigenvalue weighted by molar-refractivity contribution is -0.137. The molecule has 0 unspecified atom stereocenters. The Morgan fingerprint density at radius 2 is 1.80 bits per heavy atom. The van der Waals surface area contributed by atoms with Gasteiger partial charge in [-0.3, -0.25) is 9.78 Å². The Bertz CT molecular complexity index is 999. The summed E-state index contributed by atoms with van der Waals surface area (Å²) in [5.41, 5.74) is 1.14. The molecule has 160 valence electrons. The molecule has 2 aromatic rings. The first-order chi connectivity index (χ1) is 14.5. The molecule has 0 bridgehead atoms. The van der Waals surface area contributed by atoms with Crippen molar-refractivity contribution in [2.75, 3.05) is 26.2 Å². The number of nitrogens with zero attached hydrogens (tertiary/aromatic N) is 5. The van der Waals surface area contributed by atoms with Gasteiger partial charge < -0.3 is 4.90 Å². The van der Waals surface area contributed by atoms with Gasteiger partial charge in [0.05, 0.1) is 11.9 Å². The van der Waals surface area contributed by atoms with Crippen LogP contribution in [0.4, 0.5) is 0 Å². The minimum absolute atomic E-state index is 0.109. The number of hydrogen-bond donors (Lipinski definition) is 0. The number of sulfonamides is 1. The van der Waals surface area contributed by atoms with Gasteiger partial charge in [0.1, 0.15) is 4.90 Å². The summed E-state index contributed by atoms with van der Waals surface area (Å²) >= 11 is 0. The Morgan fingerprint density at radius 3 is 2.43 bits per heavy atom. The number of pyridine rings is 1. The van der Waals surface area contributed by atoms with E-state index in [0.717, 1.165) is 31.2 Å². The third-order valence-corrected chi connectivity index (χ3v) is 7.98. The number of rotatable bonds is 4. The Balaban J connectivity index is 1.45. The van der Waals surface area contributed by atoms with E-state index in [1.807, 2.05) is 11.0 Å². The molecule has 0 spiro atoms. The van der Waals surface area contributed by atoms with Gasteiger partial charge in [-0.1, -0.05) is 19.3 Å². The van der Waals surface area contributed by atoms with Crippen LogP contribution < -0.4 is 0 Å². The van der Waals surface area contributed by atoms with Crippen molar-refractivity contribution in [3.8, 4) is 11.4 Å². The quantitative estimate of drug-likeness (QED) is 0.740. The largest absolute Gasteiger partial charge is 0.340 e. The number of aromatic nitrogens is 3. The highest BCUT2D eigenvalue weighted by Gasteiger charge is 2.34. The third kappa shape index (κ3) is 4.22. The minimum Gasteiger partial charge on any atom is -0.340 e. The summed E-state index contributed by atoms with van der Waals surface area (Å²) in [6.07, 6.45) is 10.0. The second-order valence-electron chi connectivity index (χ2n) is 7.95. The molecule has 1 amide bonds. The van der Waals surface area contributed by atoms with Crippen molar-refractivity contribution in [3.05, 3.63) is 36.4 Å². The second kappa shape index (κ2) is 8.77. The van der Waals surface area contributed by atoms with E-state index in [2.05, 4.69) is 15.0 Å². The van der Waals surface area contributed by atoms with Crippen molar-refractivity contribution in [2.24, 2.45) is 5.92 Å². The fourth-order valence-electron chi connectivity index (χ4n) is 4.24. The van der Waals surface area contributed by atoms with Crippen LogP contribution in [0.3, 0.4) is 0 Å². The summed E-state index contributed by atoms with van der Waals surface area (Å²) < 4.78 is 27.8. The van der Waals surface area contributed by atoms with Crippen molar-refractivity contribution in [1.29, 1.82) is 0 Å². The first-order valence-electron chi connectivity index (χ1n) is 10.5. The van der Waals surface area contributed by atoms with Crippen molar-refractivity contribution in [2.45, 2.75) is 43.9 Å². The lowest BCUT2D eigenvalue weighted by Crippen LogP contribution is -2.52. The number of carbonyl (C=O) groups excluding carboxylic acids is 1. The number of carbonyl (C=O) groups is 1. The highest BCUT2D eigenvalue weighted by atomic mass is 32.2. The fourth-order valence-corrected chi connectivity index (χ4v) is 5.77. The molecule has 30 heavy (non-hydrogen) atoms. The fraction of sp³-hybridized carbons (Fsp3) is 0.524. The van der Waals surface area contributed by atoms with E-state index in [-0.39, 0.29) is 16.7 Å². The van der Waals surface area contributed by atoms with Gasteiger partial charge in [0.15, 0.2) is 5.82 Å². The van der Waals surface area contributed by atoms with Gasteiger partial charge in [0.2, 0.25) is 15.9 Å². The van der Waals surface area contributed by atoms with Gasteiger partial charge in [0.25, 0.3) is 0 Å². The lowest BCUT2D eigenvalue weighted by Gasteiger charge is -2.36. The van der Waals surface area contributed by atoms with E-state index in [4.69, 9.17) is 0 Å². The van der Waals surface area contributed by atoms with Crippen molar-refractivity contribution in [3.63, 3.8) is 0 Å². The van der Waals surface area contributed by atoms with E-state index in [1.165, 1.54) is 16.9 Å². The van der Waals surface area contributed by atoms with Crippen LogP contribution in [-0.2, 0) is 14.8 Å². The molecule has 1 saturated carbocycles. The zero-order chi connectivity index (χ0) is 21.1. The highest BCUT2D eigenvalue weighted by Crippen LogP contribution is 2.27. The molecule has 1 aliphatic heterocycles. The molecule has 1 aliphatic carbocycles. The van der Waals surface area contributed by atoms with Crippen LogP contribution in [0.1, 0.15) is 37.8 Å². The Labute approximate surface area is 177 Å². The number of hydrogen-bond acceptors (Lipinski definition) is 6. The van der Waals surface area contributed by atoms with E-state index in [0.29, 0.717) is 37.7 Å². The van der Waals surface area contributed by atoms with Gasteiger partial charge in [0, 0.05) is 50.1 Å². The molecule has 2 aliphatic rings. The minimum atomic E-state index is -3.71. The average Bonchev–Trinajstić information content (AvgIpc) is 2.79. The van der Waals surface area contributed by atoms with Crippen LogP contribution in [0, 0.1) is 12.8 Å². The molecule has 2 aromatic heterocycles. The molecule has 3 heterocycles. The number of aryl methyl sites for hydroxylation is 1. The van der Waals surface area contributed by atoms with Crippen LogP contribution >= 0.6 is 0 Å². The molecule has 2 fully saturated rings. The van der Waals surface area contributed by atoms with Crippen LogP contribution in [0.5, 0.6) is 0 Å². The molecule has 8 nitrogen and oxygen atoms in total. The predicted molar refractivity (Wildman–Crippen MR) is 112 cm³/mol. The van der Waals surface area contributed by atoms with E-state index >= 15 is 0 Å². The van der Waals surface area contributed by atoms with Crippen molar-refractivity contribution >= 4 is 15.9 Å². The Kier molecular flexibility index (Phi) is 6.10. The van der Waals surface area contributed by atoms with E-state index in [1.54, 1.807) is 25.4 Å². The number of piperazine rings is 1. The standard InChI is InChI=1S/C21H27N5O3S/c1-16-19(15-23-20(24-16)18-8-5-9-22-14-18)30(28,29)26-12-10-25(11-13-26)21(27)17-6-3-2-4-7-17/h5,8-9,14-15,17H,2-4,6-7,10-13H2,1H3. The summed E-state index contributed by atoms with van der Waals surface area (Å²) in [6.45, 7) is 3.14. The lowest BCUT2D eigenvalue weighted by atomic mass is 9.88. The Morgan fingerprint density at radius 1 is 1.07 bits per heavy atom. The highest BCUT2D eigenvalue weighted by molar-refractivity contribution is 7.89. The molecule has 1 saturated heterocycles. The van der Waals surface area contributed by atoms with Crippen LogP contribution in [0.15, 0.2) is 35.6 Å². The smallest absolute Gasteiger partial charge is 0.246 e. The summed E-state index contributed by atoms with van der Waals surface area (Å²) in [4.78, 5) is 27.4. The van der Waals surface area contributed by atoms with Gasteiger partial charge in [-0.05, 0) is 31.9 Å². The van der Waals surface area contributed by atoms with Gasteiger partial charge in [-0.15, -0.1) is 0 Å². The Hall–Kier alpha value is -2.39.